The van der Waals surface area contributed by atoms with Crippen LogP contribution in [0.1, 0.15) is 32.3 Å². The van der Waals surface area contributed by atoms with Crippen LogP contribution in [0.15, 0.2) is 53.6 Å². The third-order valence-electron chi connectivity index (χ3n) is 5.30. The van der Waals surface area contributed by atoms with Crippen LogP contribution in [0.3, 0.4) is 0 Å². The Labute approximate surface area is 170 Å². The summed E-state index contributed by atoms with van der Waals surface area (Å²) in [7, 11) is -3.63. The molecule has 1 amide bonds. The van der Waals surface area contributed by atoms with Gasteiger partial charge in [0.1, 0.15) is 0 Å². The summed E-state index contributed by atoms with van der Waals surface area (Å²) in [5.74, 6) is -0.0534. The van der Waals surface area contributed by atoms with Gasteiger partial charge in [0.25, 0.3) is 0 Å². The van der Waals surface area contributed by atoms with Crippen molar-refractivity contribution in [3.05, 3.63) is 54.2 Å². The molecule has 2 aromatic carbocycles. The average Bonchev–Trinajstić information content (AvgIpc) is 3.07. The van der Waals surface area contributed by atoms with Crippen LogP contribution in [0.2, 0.25) is 0 Å². The van der Waals surface area contributed by atoms with E-state index in [1.54, 1.807) is 12.1 Å². The minimum absolute atomic E-state index is 0.0534. The van der Waals surface area contributed by atoms with E-state index >= 15 is 0 Å². The molecule has 7 nitrogen and oxygen atoms in total. The van der Waals surface area contributed by atoms with Crippen molar-refractivity contribution < 1.29 is 13.2 Å². The van der Waals surface area contributed by atoms with Gasteiger partial charge in [-0.2, -0.15) is 5.10 Å². The van der Waals surface area contributed by atoms with Crippen LogP contribution in [0.5, 0.6) is 0 Å². The Balaban J connectivity index is 1.43. The highest BCUT2D eigenvalue weighted by Crippen LogP contribution is 2.38. The number of rotatable bonds is 6. The molecule has 0 unspecified atom stereocenters. The van der Waals surface area contributed by atoms with E-state index in [1.165, 1.54) is 6.07 Å². The van der Waals surface area contributed by atoms with E-state index in [0.717, 1.165) is 16.5 Å². The summed E-state index contributed by atoms with van der Waals surface area (Å²) in [5, 5.41) is 8.24. The summed E-state index contributed by atoms with van der Waals surface area (Å²) in [5.41, 5.74) is 2.14. The Kier molecular flexibility index (Phi) is 4.92. The number of aromatic nitrogens is 2. The summed E-state index contributed by atoms with van der Waals surface area (Å²) in [6.07, 6.45) is 2.76. The third kappa shape index (κ3) is 3.90. The van der Waals surface area contributed by atoms with Crippen molar-refractivity contribution in [1.82, 2.24) is 14.5 Å². The van der Waals surface area contributed by atoms with Crippen LogP contribution in [-0.2, 0) is 26.8 Å². The van der Waals surface area contributed by atoms with E-state index in [9.17, 15) is 13.2 Å². The minimum atomic E-state index is -3.63. The number of aryl methyl sites for hydroxylation is 1. The highest BCUT2D eigenvalue weighted by molar-refractivity contribution is 7.89. The predicted octanol–water partition coefficient (Wildman–Crippen LogP) is 3.02. The molecule has 0 radical (unpaired) electrons. The Hall–Kier alpha value is -2.71. The van der Waals surface area contributed by atoms with Gasteiger partial charge in [0.2, 0.25) is 15.9 Å². The largest absolute Gasteiger partial charge is 0.326 e. The van der Waals surface area contributed by atoms with Gasteiger partial charge in [-0.15, -0.1) is 0 Å². The maximum Gasteiger partial charge on any atom is 0.240 e. The van der Waals surface area contributed by atoms with Gasteiger partial charge in [-0.25, -0.2) is 13.1 Å². The molecule has 152 valence electrons. The number of amides is 1. The lowest BCUT2D eigenvalue weighted by Gasteiger charge is -2.32. The van der Waals surface area contributed by atoms with Gasteiger partial charge in [-0.1, -0.05) is 32.0 Å². The molecule has 4 rings (SSSR count). The van der Waals surface area contributed by atoms with Gasteiger partial charge in [-0.3, -0.25) is 9.48 Å². The molecule has 3 aromatic rings. The van der Waals surface area contributed by atoms with E-state index in [1.807, 2.05) is 49.0 Å². The summed E-state index contributed by atoms with van der Waals surface area (Å²) in [6, 6.07) is 12.8. The smallest absolute Gasteiger partial charge is 0.240 e. The first kappa shape index (κ1) is 19.6. The van der Waals surface area contributed by atoms with Gasteiger partial charge in [0, 0.05) is 36.0 Å². The molecule has 2 heterocycles. The minimum Gasteiger partial charge on any atom is -0.326 e. The van der Waals surface area contributed by atoms with E-state index < -0.39 is 15.4 Å². The second-order valence-electron chi connectivity index (χ2n) is 7.99. The van der Waals surface area contributed by atoms with Crippen LogP contribution in [0.25, 0.3) is 10.9 Å². The molecule has 0 bridgehead atoms. The SMILES string of the molecule is CC1(C)CC(=O)Nc2ccc(S(=O)(=O)NCCCn3ncc4ccccc43)cc21. The third-order valence-corrected chi connectivity index (χ3v) is 6.76. The lowest BCUT2D eigenvalue weighted by Crippen LogP contribution is -2.33. The number of sulfonamides is 1. The molecule has 0 fully saturated rings. The topological polar surface area (TPSA) is 93.1 Å². The van der Waals surface area contributed by atoms with Gasteiger partial charge >= 0.3 is 0 Å². The van der Waals surface area contributed by atoms with E-state index in [2.05, 4.69) is 15.1 Å². The van der Waals surface area contributed by atoms with E-state index in [-0.39, 0.29) is 10.8 Å². The normalized spacial score (nSPS) is 15.9. The molecule has 1 aromatic heterocycles. The zero-order valence-electron chi connectivity index (χ0n) is 16.5. The Morgan fingerprint density at radius 3 is 2.83 bits per heavy atom. The van der Waals surface area contributed by atoms with Gasteiger partial charge in [0.05, 0.1) is 16.6 Å². The molecule has 0 saturated heterocycles. The summed E-state index contributed by atoms with van der Waals surface area (Å²) >= 11 is 0. The summed E-state index contributed by atoms with van der Waals surface area (Å²) in [4.78, 5) is 12.0. The monoisotopic (exact) mass is 412 g/mol. The second kappa shape index (κ2) is 7.27. The molecule has 0 aliphatic carbocycles. The fraction of sp³-hybridized carbons (Fsp3) is 0.333. The maximum atomic E-state index is 12.7. The molecule has 2 N–H and O–H groups in total. The number of para-hydroxylation sites is 1. The average molecular weight is 413 g/mol. The van der Waals surface area contributed by atoms with Crippen LogP contribution in [0, 0.1) is 0 Å². The van der Waals surface area contributed by atoms with Crippen molar-refractivity contribution in [2.24, 2.45) is 0 Å². The molecular formula is C21H24N4O3S. The van der Waals surface area contributed by atoms with E-state index in [4.69, 9.17) is 0 Å². The number of carbonyl (C=O) groups excluding carboxylic acids is 1. The molecule has 1 aliphatic heterocycles. The fourth-order valence-electron chi connectivity index (χ4n) is 3.77. The molecule has 0 atom stereocenters. The van der Waals surface area contributed by atoms with Crippen molar-refractivity contribution in [2.75, 3.05) is 11.9 Å². The Morgan fingerprint density at radius 1 is 1.21 bits per heavy atom. The molecule has 0 saturated carbocycles. The molecule has 0 spiro atoms. The number of hydrogen-bond donors (Lipinski definition) is 2. The first-order valence-corrected chi connectivity index (χ1v) is 11.1. The first-order valence-electron chi connectivity index (χ1n) is 9.61. The number of hydrogen-bond acceptors (Lipinski definition) is 4. The molecular weight excluding hydrogens is 388 g/mol. The first-order chi connectivity index (χ1) is 13.8. The summed E-state index contributed by atoms with van der Waals surface area (Å²) in [6.45, 7) is 4.83. The standard InChI is InChI=1S/C21H24N4O3S/c1-21(2)13-20(26)24-18-9-8-16(12-17(18)21)29(27,28)23-10-5-11-25-19-7-4-3-6-15(19)14-22-25/h3-4,6-9,12,14,23H,5,10-11,13H2,1-2H3,(H,24,26). The Morgan fingerprint density at radius 2 is 2.00 bits per heavy atom. The second-order valence-corrected chi connectivity index (χ2v) is 9.76. The number of nitrogens with zero attached hydrogens (tertiary/aromatic N) is 2. The molecule has 29 heavy (non-hydrogen) atoms. The zero-order valence-corrected chi connectivity index (χ0v) is 17.3. The lowest BCUT2D eigenvalue weighted by atomic mass is 9.78. The van der Waals surface area contributed by atoms with Crippen molar-refractivity contribution >= 4 is 32.5 Å². The number of fused-ring (bicyclic) bond motifs is 2. The number of anilines is 1. The van der Waals surface area contributed by atoms with E-state index in [0.29, 0.717) is 31.6 Å². The number of benzene rings is 2. The van der Waals surface area contributed by atoms with Crippen LogP contribution >= 0.6 is 0 Å². The quantitative estimate of drug-likeness (QED) is 0.609. The number of nitrogens with one attached hydrogen (secondary N) is 2. The highest BCUT2D eigenvalue weighted by Gasteiger charge is 2.33. The van der Waals surface area contributed by atoms with Crippen molar-refractivity contribution in [2.45, 2.75) is 43.5 Å². The molecule has 8 heteroatoms. The number of carbonyl (C=O) groups is 1. The zero-order chi connectivity index (χ0) is 20.6. The summed E-state index contributed by atoms with van der Waals surface area (Å²) < 4.78 is 30.0. The van der Waals surface area contributed by atoms with Crippen molar-refractivity contribution in [3.8, 4) is 0 Å². The van der Waals surface area contributed by atoms with Crippen LogP contribution < -0.4 is 10.0 Å². The van der Waals surface area contributed by atoms with Gasteiger partial charge in [-0.05, 0) is 36.2 Å². The predicted molar refractivity (Wildman–Crippen MR) is 112 cm³/mol. The Bertz CT molecular complexity index is 1180. The van der Waals surface area contributed by atoms with Crippen LogP contribution in [0.4, 0.5) is 5.69 Å². The maximum absolute atomic E-state index is 12.7. The van der Waals surface area contributed by atoms with Crippen LogP contribution in [-0.4, -0.2) is 30.7 Å². The fourth-order valence-corrected chi connectivity index (χ4v) is 4.87. The van der Waals surface area contributed by atoms with Crippen molar-refractivity contribution in [3.63, 3.8) is 0 Å². The highest BCUT2D eigenvalue weighted by atomic mass is 32.2. The lowest BCUT2D eigenvalue weighted by molar-refractivity contribution is -0.117. The van der Waals surface area contributed by atoms with Gasteiger partial charge in [0.15, 0.2) is 0 Å². The molecule has 1 aliphatic rings. The van der Waals surface area contributed by atoms with Gasteiger partial charge < -0.3 is 5.32 Å². The van der Waals surface area contributed by atoms with Crippen molar-refractivity contribution in [1.29, 1.82) is 0 Å².